The number of hydrogen-bond acceptors (Lipinski definition) is 3. The van der Waals surface area contributed by atoms with Crippen LogP contribution in [0.1, 0.15) is 34.8 Å². The van der Waals surface area contributed by atoms with Gasteiger partial charge in [-0.3, -0.25) is 9.48 Å². The fourth-order valence-electron chi connectivity index (χ4n) is 2.08. The summed E-state index contributed by atoms with van der Waals surface area (Å²) < 4.78 is 1.66. The Hall–Kier alpha value is -1.36. The molecule has 1 atom stereocenters. The average Bonchev–Trinajstić information content (AvgIpc) is 2.62. The molecule has 5 heteroatoms. The van der Waals surface area contributed by atoms with Crippen LogP contribution >= 0.6 is 0 Å². The maximum atomic E-state index is 11.2. The van der Waals surface area contributed by atoms with Crippen molar-refractivity contribution in [3.8, 4) is 0 Å². The molecule has 0 aromatic carbocycles. The Balaban J connectivity index is 2.28. The third-order valence-electron chi connectivity index (χ3n) is 2.81. The van der Waals surface area contributed by atoms with Crippen molar-refractivity contribution in [2.24, 2.45) is 12.8 Å². The number of piperidine rings is 1. The molecule has 1 aromatic heterocycles. The Bertz CT molecular complexity index is 365. The van der Waals surface area contributed by atoms with Crippen molar-refractivity contribution in [1.82, 2.24) is 15.1 Å². The average molecular weight is 208 g/mol. The maximum Gasteiger partial charge on any atom is 0.252 e. The van der Waals surface area contributed by atoms with Gasteiger partial charge in [0, 0.05) is 25.7 Å². The molecule has 15 heavy (non-hydrogen) atoms. The standard InChI is InChI=1S/C10H16N4O/c1-14-6-8(10(11)15)9(13-14)7-3-2-4-12-5-7/h6-7,12H,2-5H2,1H3,(H2,11,15). The number of amides is 1. The molecule has 1 amide bonds. The molecule has 0 bridgehead atoms. The van der Waals surface area contributed by atoms with E-state index in [2.05, 4.69) is 10.4 Å². The molecule has 1 aliphatic rings. The van der Waals surface area contributed by atoms with Crippen molar-refractivity contribution in [2.75, 3.05) is 13.1 Å². The third kappa shape index (κ3) is 2.02. The van der Waals surface area contributed by atoms with Crippen LogP contribution in [0.4, 0.5) is 0 Å². The lowest BCUT2D eigenvalue weighted by atomic mass is 9.94. The molecule has 3 N–H and O–H groups in total. The van der Waals surface area contributed by atoms with Gasteiger partial charge in [0.15, 0.2) is 0 Å². The van der Waals surface area contributed by atoms with Crippen LogP contribution in [-0.4, -0.2) is 28.8 Å². The van der Waals surface area contributed by atoms with Gasteiger partial charge in [0.05, 0.1) is 11.3 Å². The number of aromatic nitrogens is 2. The van der Waals surface area contributed by atoms with Gasteiger partial charge in [-0.15, -0.1) is 0 Å². The summed E-state index contributed by atoms with van der Waals surface area (Å²) in [5.41, 5.74) is 6.73. The summed E-state index contributed by atoms with van der Waals surface area (Å²) in [7, 11) is 1.81. The number of carbonyl (C=O) groups excluding carboxylic acids is 1. The smallest absolute Gasteiger partial charge is 0.252 e. The van der Waals surface area contributed by atoms with E-state index < -0.39 is 0 Å². The quantitative estimate of drug-likeness (QED) is 0.717. The maximum absolute atomic E-state index is 11.2. The number of nitrogens with one attached hydrogen (secondary N) is 1. The highest BCUT2D eigenvalue weighted by Crippen LogP contribution is 2.24. The number of carbonyl (C=O) groups is 1. The Kier molecular flexibility index (Phi) is 2.73. The number of aryl methyl sites for hydroxylation is 1. The van der Waals surface area contributed by atoms with Crippen molar-refractivity contribution in [2.45, 2.75) is 18.8 Å². The number of hydrogen-bond donors (Lipinski definition) is 2. The molecule has 1 saturated heterocycles. The van der Waals surface area contributed by atoms with E-state index in [-0.39, 0.29) is 5.91 Å². The van der Waals surface area contributed by atoms with Crippen LogP contribution in [-0.2, 0) is 7.05 Å². The summed E-state index contributed by atoms with van der Waals surface area (Å²) in [5.74, 6) is -0.0638. The minimum atomic E-state index is -0.385. The zero-order valence-electron chi connectivity index (χ0n) is 8.86. The van der Waals surface area contributed by atoms with Gasteiger partial charge in [-0.05, 0) is 19.4 Å². The van der Waals surface area contributed by atoms with E-state index >= 15 is 0 Å². The zero-order chi connectivity index (χ0) is 10.8. The predicted octanol–water partition coefficient (Wildman–Crippen LogP) is -0.0140. The van der Waals surface area contributed by atoms with Crippen LogP contribution < -0.4 is 11.1 Å². The summed E-state index contributed by atoms with van der Waals surface area (Å²) in [6, 6.07) is 0. The second-order valence-corrected chi connectivity index (χ2v) is 4.01. The highest BCUT2D eigenvalue weighted by Gasteiger charge is 2.23. The van der Waals surface area contributed by atoms with Crippen molar-refractivity contribution >= 4 is 5.91 Å². The molecule has 0 spiro atoms. The Morgan fingerprint density at radius 3 is 3.13 bits per heavy atom. The first-order valence-electron chi connectivity index (χ1n) is 5.22. The first-order valence-corrected chi connectivity index (χ1v) is 5.22. The molecule has 1 unspecified atom stereocenters. The molecular weight excluding hydrogens is 192 g/mol. The third-order valence-corrected chi connectivity index (χ3v) is 2.81. The second-order valence-electron chi connectivity index (χ2n) is 4.01. The lowest BCUT2D eigenvalue weighted by Gasteiger charge is -2.21. The van der Waals surface area contributed by atoms with Crippen LogP contribution in [0.25, 0.3) is 0 Å². The molecule has 2 heterocycles. The van der Waals surface area contributed by atoms with Gasteiger partial charge in [-0.1, -0.05) is 0 Å². The highest BCUT2D eigenvalue weighted by molar-refractivity contribution is 5.93. The van der Waals surface area contributed by atoms with Gasteiger partial charge in [0.25, 0.3) is 5.91 Å². The largest absolute Gasteiger partial charge is 0.365 e. The lowest BCUT2D eigenvalue weighted by molar-refractivity contribution is 0.0998. The molecule has 1 aromatic rings. The van der Waals surface area contributed by atoms with Gasteiger partial charge < -0.3 is 11.1 Å². The normalized spacial score (nSPS) is 21.5. The monoisotopic (exact) mass is 208 g/mol. The highest BCUT2D eigenvalue weighted by atomic mass is 16.1. The molecule has 1 fully saturated rings. The summed E-state index contributed by atoms with van der Waals surface area (Å²) >= 11 is 0. The number of nitrogens with two attached hydrogens (primary N) is 1. The Morgan fingerprint density at radius 2 is 2.53 bits per heavy atom. The van der Waals surface area contributed by atoms with E-state index in [1.807, 2.05) is 7.05 Å². The Labute approximate surface area is 88.6 Å². The molecule has 1 aliphatic heterocycles. The van der Waals surface area contributed by atoms with Gasteiger partial charge in [0.1, 0.15) is 0 Å². The van der Waals surface area contributed by atoms with Gasteiger partial charge >= 0.3 is 0 Å². The van der Waals surface area contributed by atoms with Gasteiger partial charge in [-0.2, -0.15) is 5.10 Å². The van der Waals surface area contributed by atoms with E-state index in [4.69, 9.17) is 5.73 Å². The summed E-state index contributed by atoms with van der Waals surface area (Å²) in [6.45, 7) is 1.94. The number of primary amides is 1. The second kappa shape index (κ2) is 4.02. The van der Waals surface area contributed by atoms with E-state index in [1.54, 1.807) is 10.9 Å². The zero-order valence-corrected chi connectivity index (χ0v) is 8.86. The van der Waals surface area contributed by atoms with Crippen molar-refractivity contribution in [3.05, 3.63) is 17.5 Å². The van der Waals surface area contributed by atoms with Gasteiger partial charge in [0.2, 0.25) is 0 Å². The van der Waals surface area contributed by atoms with Crippen LogP contribution in [0, 0.1) is 0 Å². The van der Waals surface area contributed by atoms with E-state index in [0.717, 1.165) is 31.6 Å². The molecule has 5 nitrogen and oxygen atoms in total. The summed E-state index contributed by atoms with van der Waals surface area (Å²) in [6.07, 6.45) is 3.90. The minimum absolute atomic E-state index is 0.322. The molecule has 0 aliphatic carbocycles. The van der Waals surface area contributed by atoms with Crippen molar-refractivity contribution in [1.29, 1.82) is 0 Å². The predicted molar refractivity (Wildman–Crippen MR) is 56.6 cm³/mol. The molecule has 0 saturated carbocycles. The number of nitrogens with zero attached hydrogens (tertiary/aromatic N) is 2. The summed E-state index contributed by atoms with van der Waals surface area (Å²) in [4.78, 5) is 11.2. The van der Waals surface area contributed by atoms with Crippen LogP contribution in [0.2, 0.25) is 0 Å². The topological polar surface area (TPSA) is 72.9 Å². The minimum Gasteiger partial charge on any atom is -0.365 e. The van der Waals surface area contributed by atoms with Crippen molar-refractivity contribution < 1.29 is 4.79 Å². The molecule has 2 rings (SSSR count). The van der Waals surface area contributed by atoms with Crippen molar-refractivity contribution in [3.63, 3.8) is 0 Å². The number of rotatable bonds is 2. The van der Waals surface area contributed by atoms with E-state index in [0.29, 0.717) is 11.5 Å². The van der Waals surface area contributed by atoms with Crippen LogP contribution in [0.5, 0.6) is 0 Å². The van der Waals surface area contributed by atoms with E-state index in [1.165, 1.54) is 0 Å². The molecular formula is C10H16N4O. The van der Waals surface area contributed by atoms with Gasteiger partial charge in [-0.25, -0.2) is 0 Å². The van der Waals surface area contributed by atoms with Crippen LogP contribution in [0.3, 0.4) is 0 Å². The first kappa shape index (κ1) is 10.2. The lowest BCUT2D eigenvalue weighted by Crippen LogP contribution is -2.29. The summed E-state index contributed by atoms with van der Waals surface area (Å²) in [5, 5.41) is 7.64. The molecule has 82 valence electrons. The fraction of sp³-hybridized carbons (Fsp3) is 0.600. The molecule has 0 radical (unpaired) electrons. The van der Waals surface area contributed by atoms with E-state index in [9.17, 15) is 4.79 Å². The fourth-order valence-corrected chi connectivity index (χ4v) is 2.08. The SMILES string of the molecule is Cn1cc(C(N)=O)c(C2CCCNC2)n1. The van der Waals surface area contributed by atoms with Crippen LogP contribution in [0.15, 0.2) is 6.20 Å². The first-order chi connectivity index (χ1) is 7.18. The Morgan fingerprint density at radius 1 is 1.73 bits per heavy atom.